The van der Waals surface area contributed by atoms with E-state index in [2.05, 4.69) is 5.32 Å². The summed E-state index contributed by atoms with van der Waals surface area (Å²) in [5.74, 6) is -3.12. The summed E-state index contributed by atoms with van der Waals surface area (Å²) in [7, 11) is 0. The lowest BCUT2D eigenvalue weighted by atomic mass is 9.69. The Kier molecular flexibility index (Phi) is 2.03. The average molecular weight is 203 g/mol. The summed E-state index contributed by atoms with van der Waals surface area (Å²) in [6, 6.07) is -0.803. The molecule has 0 bridgehead atoms. The number of amides is 1. The van der Waals surface area contributed by atoms with Crippen LogP contribution in [0.25, 0.3) is 5.73 Å². The molecule has 5 heteroatoms. The van der Waals surface area contributed by atoms with Crippen LogP contribution in [0.2, 0.25) is 0 Å². The summed E-state index contributed by atoms with van der Waals surface area (Å²) < 4.78 is 26.4. The first kappa shape index (κ1) is 9.83. The molecule has 0 aromatic heterocycles. The van der Waals surface area contributed by atoms with Crippen LogP contribution in [0, 0.1) is 5.41 Å². The second-order valence-corrected chi connectivity index (χ2v) is 4.42. The highest BCUT2D eigenvalue weighted by Gasteiger charge is 2.52. The van der Waals surface area contributed by atoms with Gasteiger partial charge in [-0.2, -0.15) is 0 Å². The van der Waals surface area contributed by atoms with Crippen LogP contribution in [0.3, 0.4) is 0 Å². The van der Waals surface area contributed by atoms with Crippen LogP contribution in [-0.2, 0) is 4.79 Å². The molecule has 0 aromatic rings. The van der Waals surface area contributed by atoms with Crippen molar-refractivity contribution >= 4 is 5.91 Å². The van der Waals surface area contributed by atoms with Gasteiger partial charge in [-0.3, -0.25) is 4.79 Å². The molecule has 0 radical (unpaired) electrons. The molecule has 3 nitrogen and oxygen atoms in total. The fraction of sp³-hybridized carbons (Fsp3) is 0.889. The molecule has 2 rings (SSSR count). The summed E-state index contributed by atoms with van der Waals surface area (Å²) in [6.45, 7) is 0.474. The van der Waals surface area contributed by atoms with Crippen molar-refractivity contribution in [1.82, 2.24) is 5.32 Å². The Bertz CT molecular complexity index is 270. The first-order valence-electron chi connectivity index (χ1n) is 4.81. The average Bonchev–Trinajstić information content (AvgIpc) is 2.27. The zero-order valence-corrected chi connectivity index (χ0v) is 7.78. The van der Waals surface area contributed by atoms with Gasteiger partial charge in [-0.05, 0) is 12.8 Å². The lowest BCUT2D eigenvalue weighted by molar-refractivity contribution is -0.140. The maximum Gasteiger partial charge on any atom is 0.247 e. The van der Waals surface area contributed by atoms with Gasteiger partial charge >= 0.3 is 0 Å². The Hall–Kier alpha value is -0.710. The number of hydrogen-bond acceptors (Lipinski definition) is 1. The van der Waals surface area contributed by atoms with Gasteiger partial charge in [-0.1, -0.05) is 6.42 Å². The van der Waals surface area contributed by atoms with Crippen molar-refractivity contribution in [1.29, 1.82) is 0 Å². The van der Waals surface area contributed by atoms with Crippen molar-refractivity contribution in [2.24, 2.45) is 5.41 Å². The van der Waals surface area contributed by atoms with Gasteiger partial charge in [0.2, 0.25) is 11.8 Å². The quantitative estimate of drug-likeness (QED) is 0.640. The minimum atomic E-state index is -2.84. The number of carbonyl (C=O) groups excluding carboxylic acids is 1. The maximum absolute atomic E-state index is 13.2. The first-order valence-corrected chi connectivity index (χ1v) is 4.81. The van der Waals surface area contributed by atoms with Crippen molar-refractivity contribution in [3.63, 3.8) is 0 Å². The molecular weight excluding hydrogens is 190 g/mol. The van der Waals surface area contributed by atoms with Crippen molar-refractivity contribution in [2.75, 3.05) is 6.54 Å². The van der Waals surface area contributed by atoms with Gasteiger partial charge in [-0.15, -0.1) is 6.04 Å². The van der Waals surface area contributed by atoms with Crippen LogP contribution >= 0.6 is 0 Å². The fourth-order valence-electron chi connectivity index (χ4n) is 2.62. The van der Waals surface area contributed by atoms with Crippen molar-refractivity contribution < 1.29 is 13.6 Å². The van der Waals surface area contributed by atoms with Crippen LogP contribution in [-0.4, -0.2) is 24.4 Å². The molecule has 14 heavy (non-hydrogen) atoms. The van der Waals surface area contributed by atoms with E-state index in [0.717, 1.165) is 0 Å². The topological polar surface area (TPSA) is 52.9 Å². The normalized spacial score (nSPS) is 41.4. The van der Waals surface area contributed by atoms with Gasteiger partial charge in [0.05, 0.1) is 5.41 Å². The van der Waals surface area contributed by atoms with Gasteiger partial charge in [0.15, 0.2) is 0 Å². The highest BCUT2D eigenvalue weighted by atomic mass is 19.3. The standard InChI is InChI=1S/C9H13F2N2O/c10-9(11)4-6(12)3-8(5-9)1-2-13-7(8)14/h6,12H,1-5H2,(H,13,14)/q-1. The van der Waals surface area contributed by atoms with E-state index in [4.69, 9.17) is 5.73 Å². The number of nitrogens with one attached hydrogen (secondary N) is 2. The van der Waals surface area contributed by atoms with Gasteiger partial charge in [0, 0.05) is 13.0 Å². The van der Waals surface area contributed by atoms with Gasteiger partial charge in [0.25, 0.3) is 0 Å². The molecule has 2 atom stereocenters. The molecule has 1 heterocycles. The summed E-state index contributed by atoms with van der Waals surface area (Å²) in [6.07, 6.45) is -0.0333. The van der Waals surface area contributed by atoms with Crippen LogP contribution in [0.4, 0.5) is 8.78 Å². The van der Waals surface area contributed by atoms with E-state index in [9.17, 15) is 13.6 Å². The molecule has 1 spiro atoms. The van der Waals surface area contributed by atoms with E-state index < -0.39 is 23.8 Å². The Labute approximate surface area is 81.0 Å². The van der Waals surface area contributed by atoms with Crippen molar-refractivity contribution in [3.8, 4) is 0 Å². The first-order chi connectivity index (χ1) is 6.44. The summed E-state index contributed by atoms with van der Waals surface area (Å²) in [5.41, 5.74) is 6.50. The third-order valence-electron chi connectivity index (χ3n) is 3.15. The second kappa shape index (κ2) is 2.89. The number of halogens is 2. The molecule has 1 aliphatic carbocycles. The summed E-state index contributed by atoms with van der Waals surface area (Å²) >= 11 is 0. The molecule has 2 unspecified atom stereocenters. The summed E-state index contributed by atoms with van der Waals surface area (Å²) in [5, 5.41) is 2.58. The molecular formula is C9H13F2N2O-. The van der Waals surface area contributed by atoms with E-state index in [1.807, 2.05) is 0 Å². The lowest BCUT2D eigenvalue weighted by Gasteiger charge is -2.42. The number of hydrogen-bond donors (Lipinski definition) is 1. The highest BCUT2D eigenvalue weighted by molar-refractivity contribution is 5.85. The molecule has 1 saturated carbocycles. The van der Waals surface area contributed by atoms with E-state index in [1.165, 1.54) is 0 Å². The van der Waals surface area contributed by atoms with Crippen LogP contribution < -0.4 is 5.32 Å². The van der Waals surface area contributed by atoms with E-state index in [0.29, 0.717) is 13.0 Å². The molecule has 80 valence electrons. The molecule has 0 aromatic carbocycles. The Morgan fingerprint density at radius 2 is 2.14 bits per heavy atom. The summed E-state index contributed by atoms with van der Waals surface area (Å²) in [4.78, 5) is 11.5. The minimum Gasteiger partial charge on any atom is -0.674 e. The van der Waals surface area contributed by atoms with Crippen LogP contribution in [0.5, 0.6) is 0 Å². The Morgan fingerprint density at radius 1 is 1.43 bits per heavy atom. The predicted octanol–water partition coefficient (Wildman–Crippen LogP) is 1.73. The van der Waals surface area contributed by atoms with Crippen LogP contribution in [0.1, 0.15) is 25.7 Å². The number of carbonyl (C=O) groups is 1. The molecule has 2 aliphatic rings. The van der Waals surface area contributed by atoms with E-state index >= 15 is 0 Å². The minimum absolute atomic E-state index is 0.283. The van der Waals surface area contributed by atoms with Crippen molar-refractivity contribution in [3.05, 3.63) is 5.73 Å². The van der Waals surface area contributed by atoms with E-state index in [1.54, 1.807) is 0 Å². The molecule has 1 aliphatic heterocycles. The Balaban J connectivity index is 2.23. The third kappa shape index (κ3) is 1.49. The largest absolute Gasteiger partial charge is 0.674 e. The zero-order valence-electron chi connectivity index (χ0n) is 7.78. The fourth-order valence-corrected chi connectivity index (χ4v) is 2.62. The lowest BCUT2D eigenvalue weighted by Crippen LogP contribution is -2.45. The zero-order chi connectivity index (χ0) is 10.4. The molecule has 1 amide bonds. The van der Waals surface area contributed by atoms with Gasteiger partial charge in [-0.25, -0.2) is 8.78 Å². The predicted molar refractivity (Wildman–Crippen MR) is 47.0 cm³/mol. The molecule has 2 fully saturated rings. The molecule has 2 N–H and O–H groups in total. The van der Waals surface area contributed by atoms with Gasteiger partial charge in [0.1, 0.15) is 0 Å². The maximum atomic E-state index is 13.2. The highest BCUT2D eigenvalue weighted by Crippen LogP contribution is 2.48. The number of alkyl halides is 2. The monoisotopic (exact) mass is 203 g/mol. The van der Waals surface area contributed by atoms with Gasteiger partial charge < -0.3 is 11.1 Å². The smallest absolute Gasteiger partial charge is 0.247 e. The Morgan fingerprint density at radius 3 is 2.64 bits per heavy atom. The third-order valence-corrected chi connectivity index (χ3v) is 3.15. The number of rotatable bonds is 0. The van der Waals surface area contributed by atoms with Crippen molar-refractivity contribution in [2.45, 2.75) is 37.6 Å². The van der Waals surface area contributed by atoms with Crippen LogP contribution in [0.15, 0.2) is 0 Å². The molecule has 1 saturated heterocycles. The SMILES string of the molecule is [NH-]C1CC(F)(F)CC2(CCNC2=O)C1. The second-order valence-electron chi connectivity index (χ2n) is 4.42. The van der Waals surface area contributed by atoms with E-state index in [-0.39, 0.29) is 18.7 Å².